The molecule has 2 aliphatic heterocycles. The van der Waals surface area contributed by atoms with Crippen molar-refractivity contribution in [1.82, 2.24) is 20.0 Å². The van der Waals surface area contributed by atoms with E-state index < -0.39 is 0 Å². The fourth-order valence-corrected chi connectivity index (χ4v) is 3.26. The van der Waals surface area contributed by atoms with Crippen molar-refractivity contribution in [2.75, 3.05) is 13.1 Å². The van der Waals surface area contributed by atoms with Crippen LogP contribution in [0.25, 0.3) is 0 Å². The smallest absolute Gasteiger partial charge is 0.257 e. The third-order valence-electron chi connectivity index (χ3n) is 4.13. The number of nitrogens with one attached hydrogen (secondary N) is 1. The van der Waals surface area contributed by atoms with E-state index in [1.165, 1.54) is 0 Å². The monoisotopic (exact) mass is 284 g/mol. The maximum absolute atomic E-state index is 12.7. The number of fused-ring (bicyclic) bond motifs is 2. The summed E-state index contributed by atoms with van der Waals surface area (Å²) in [5.74, 6) is 0.164. The first-order valence-corrected chi connectivity index (χ1v) is 6.70. The molecule has 5 nitrogen and oxygen atoms in total. The Kier molecular flexibility index (Phi) is 4.16. The van der Waals surface area contributed by atoms with Crippen LogP contribution < -0.4 is 5.32 Å². The summed E-state index contributed by atoms with van der Waals surface area (Å²) in [6.07, 6.45) is 5.19. The highest BCUT2D eigenvalue weighted by Gasteiger charge is 2.39. The summed E-state index contributed by atoms with van der Waals surface area (Å²) in [5, 5.41) is 7.69. The first kappa shape index (κ1) is 14.3. The molecular weight excluding hydrogens is 264 g/mol. The molecule has 3 rings (SSSR count). The maximum atomic E-state index is 12.7. The molecule has 2 atom stereocenters. The molecule has 2 fully saturated rings. The lowest BCUT2D eigenvalue weighted by molar-refractivity contribution is 0.0679. The van der Waals surface area contributed by atoms with Gasteiger partial charge in [-0.05, 0) is 32.7 Å². The average molecular weight is 285 g/mol. The number of carbonyl (C=O) groups is 1. The van der Waals surface area contributed by atoms with Gasteiger partial charge in [0.15, 0.2) is 0 Å². The van der Waals surface area contributed by atoms with E-state index in [0.717, 1.165) is 43.6 Å². The van der Waals surface area contributed by atoms with Gasteiger partial charge in [0, 0.05) is 31.9 Å². The molecule has 2 bridgehead atoms. The van der Waals surface area contributed by atoms with Crippen molar-refractivity contribution in [3.8, 4) is 0 Å². The molecule has 2 aliphatic rings. The molecule has 2 unspecified atom stereocenters. The van der Waals surface area contributed by atoms with Crippen molar-refractivity contribution in [3.05, 3.63) is 17.5 Å². The molecule has 0 spiro atoms. The molecule has 106 valence electrons. The molecule has 1 N–H and O–H groups in total. The standard InChI is InChI=1S/C13H20N4O.ClH/c1-9-12(8-16(2)15-9)13(18)17-10-3-4-11(17)7-14-6-5-10;/h8,10-11,14H,3-7H2,1-2H3;1H. The molecule has 0 radical (unpaired) electrons. The first-order chi connectivity index (χ1) is 8.66. The van der Waals surface area contributed by atoms with E-state index in [-0.39, 0.29) is 18.3 Å². The van der Waals surface area contributed by atoms with Gasteiger partial charge in [0.1, 0.15) is 0 Å². The second-order valence-corrected chi connectivity index (χ2v) is 5.39. The second kappa shape index (κ2) is 5.51. The van der Waals surface area contributed by atoms with Crippen molar-refractivity contribution in [3.63, 3.8) is 0 Å². The molecule has 0 saturated carbocycles. The van der Waals surface area contributed by atoms with Crippen LogP contribution in [0.4, 0.5) is 0 Å². The van der Waals surface area contributed by atoms with Gasteiger partial charge in [-0.15, -0.1) is 12.4 Å². The number of hydrogen-bond donors (Lipinski definition) is 1. The third-order valence-corrected chi connectivity index (χ3v) is 4.13. The molecule has 1 aromatic rings. The Morgan fingerprint density at radius 1 is 1.37 bits per heavy atom. The van der Waals surface area contributed by atoms with Crippen LogP contribution >= 0.6 is 12.4 Å². The topological polar surface area (TPSA) is 50.2 Å². The van der Waals surface area contributed by atoms with Gasteiger partial charge in [-0.1, -0.05) is 0 Å². The first-order valence-electron chi connectivity index (χ1n) is 6.70. The number of hydrogen-bond acceptors (Lipinski definition) is 3. The number of aromatic nitrogens is 2. The SMILES string of the molecule is Cc1nn(C)cc1C(=O)N1C2CCNCC1CC2.Cl. The van der Waals surface area contributed by atoms with Gasteiger partial charge in [0.25, 0.3) is 5.91 Å². The lowest BCUT2D eigenvalue weighted by Gasteiger charge is -2.27. The number of nitrogens with zero attached hydrogens (tertiary/aromatic N) is 3. The van der Waals surface area contributed by atoms with E-state index in [1.807, 2.05) is 20.2 Å². The zero-order chi connectivity index (χ0) is 12.7. The summed E-state index contributed by atoms with van der Waals surface area (Å²) in [4.78, 5) is 14.8. The average Bonchev–Trinajstić information content (AvgIpc) is 2.76. The maximum Gasteiger partial charge on any atom is 0.257 e. The minimum absolute atomic E-state index is 0. The zero-order valence-electron chi connectivity index (χ0n) is 11.4. The summed E-state index contributed by atoms with van der Waals surface area (Å²) >= 11 is 0. The van der Waals surface area contributed by atoms with Gasteiger partial charge >= 0.3 is 0 Å². The highest BCUT2D eigenvalue weighted by atomic mass is 35.5. The number of carbonyl (C=O) groups excluding carboxylic acids is 1. The van der Waals surface area contributed by atoms with Crippen LogP contribution in [0.5, 0.6) is 0 Å². The fraction of sp³-hybridized carbons (Fsp3) is 0.692. The van der Waals surface area contributed by atoms with Gasteiger partial charge in [-0.2, -0.15) is 5.10 Å². The van der Waals surface area contributed by atoms with Crippen LogP contribution in [0.1, 0.15) is 35.3 Å². The van der Waals surface area contributed by atoms with E-state index in [4.69, 9.17) is 0 Å². The van der Waals surface area contributed by atoms with Crippen LogP contribution in [-0.4, -0.2) is 45.8 Å². The van der Waals surface area contributed by atoms with Crippen molar-refractivity contribution < 1.29 is 4.79 Å². The Hall–Kier alpha value is -1.07. The third kappa shape index (κ3) is 2.49. The molecule has 3 heterocycles. The highest BCUT2D eigenvalue weighted by molar-refractivity contribution is 5.95. The largest absolute Gasteiger partial charge is 0.331 e. The Morgan fingerprint density at radius 3 is 2.79 bits per heavy atom. The van der Waals surface area contributed by atoms with Crippen LogP contribution in [0, 0.1) is 6.92 Å². The summed E-state index contributed by atoms with van der Waals surface area (Å²) in [6, 6.07) is 0.779. The normalized spacial score (nSPS) is 25.9. The van der Waals surface area contributed by atoms with Crippen LogP contribution in [-0.2, 0) is 7.05 Å². The molecule has 1 amide bonds. The van der Waals surface area contributed by atoms with Crippen molar-refractivity contribution >= 4 is 18.3 Å². The van der Waals surface area contributed by atoms with Crippen LogP contribution in [0.2, 0.25) is 0 Å². The number of aryl methyl sites for hydroxylation is 2. The number of rotatable bonds is 1. The minimum Gasteiger partial charge on any atom is -0.331 e. The fourth-order valence-electron chi connectivity index (χ4n) is 3.26. The lowest BCUT2D eigenvalue weighted by atomic mass is 10.1. The molecule has 1 aromatic heterocycles. The summed E-state index contributed by atoms with van der Waals surface area (Å²) in [5.41, 5.74) is 1.59. The predicted octanol–water partition coefficient (Wildman–Crippen LogP) is 1.12. The Morgan fingerprint density at radius 2 is 2.11 bits per heavy atom. The van der Waals surface area contributed by atoms with E-state index in [2.05, 4.69) is 15.3 Å². The van der Waals surface area contributed by atoms with Crippen molar-refractivity contribution in [1.29, 1.82) is 0 Å². The Bertz CT molecular complexity index is 459. The number of halogens is 1. The van der Waals surface area contributed by atoms with Gasteiger partial charge in [0.2, 0.25) is 0 Å². The molecule has 19 heavy (non-hydrogen) atoms. The molecular formula is C13H21ClN4O. The zero-order valence-corrected chi connectivity index (χ0v) is 12.2. The molecule has 0 aliphatic carbocycles. The number of amides is 1. The second-order valence-electron chi connectivity index (χ2n) is 5.39. The van der Waals surface area contributed by atoms with Crippen molar-refractivity contribution in [2.24, 2.45) is 7.05 Å². The molecule has 0 aromatic carbocycles. The van der Waals surface area contributed by atoms with Crippen molar-refractivity contribution in [2.45, 2.75) is 38.3 Å². The van der Waals surface area contributed by atoms with Crippen LogP contribution in [0.3, 0.4) is 0 Å². The summed E-state index contributed by atoms with van der Waals surface area (Å²) < 4.78 is 1.72. The molecule has 2 saturated heterocycles. The van der Waals surface area contributed by atoms with E-state index in [9.17, 15) is 4.79 Å². The van der Waals surface area contributed by atoms with Crippen LogP contribution in [0.15, 0.2) is 6.20 Å². The quantitative estimate of drug-likeness (QED) is 0.841. The minimum atomic E-state index is 0. The Labute approximate surface area is 119 Å². The summed E-state index contributed by atoms with van der Waals surface area (Å²) in [6.45, 7) is 3.86. The lowest BCUT2D eigenvalue weighted by Crippen LogP contribution is -2.42. The summed E-state index contributed by atoms with van der Waals surface area (Å²) in [7, 11) is 1.86. The molecule has 6 heteroatoms. The van der Waals surface area contributed by atoms with E-state index >= 15 is 0 Å². The van der Waals surface area contributed by atoms with E-state index in [1.54, 1.807) is 4.68 Å². The van der Waals surface area contributed by atoms with E-state index in [0.29, 0.717) is 12.1 Å². The predicted molar refractivity (Wildman–Crippen MR) is 75.7 cm³/mol. The van der Waals surface area contributed by atoms with Gasteiger partial charge in [0.05, 0.1) is 11.3 Å². The Balaban J connectivity index is 0.00000133. The van der Waals surface area contributed by atoms with Gasteiger partial charge < -0.3 is 10.2 Å². The highest BCUT2D eigenvalue weighted by Crippen LogP contribution is 2.29. The van der Waals surface area contributed by atoms with Gasteiger partial charge in [-0.3, -0.25) is 9.48 Å². The van der Waals surface area contributed by atoms with Gasteiger partial charge in [-0.25, -0.2) is 0 Å².